The van der Waals surface area contributed by atoms with E-state index < -0.39 is 0 Å². The van der Waals surface area contributed by atoms with Gasteiger partial charge < -0.3 is 10.1 Å². The molecular formula is C11H15N3OS. The van der Waals surface area contributed by atoms with Crippen LogP contribution in [0.15, 0.2) is 11.6 Å². The number of hydrogen-bond donors (Lipinski definition) is 1. The highest BCUT2D eigenvalue weighted by Gasteiger charge is 2.38. The lowest BCUT2D eigenvalue weighted by Crippen LogP contribution is -2.62. The second-order valence-electron chi connectivity index (χ2n) is 4.37. The number of methoxy groups -OCH3 is 1. The molecule has 1 fully saturated rings. The Morgan fingerprint density at radius 3 is 3.06 bits per heavy atom. The van der Waals surface area contributed by atoms with Crippen LogP contribution in [-0.2, 0) is 11.2 Å². The van der Waals surface area contributed by atoms with E-state index in [2.05, 4.69) is 33.2 Å². The molecule has 0 spiro atoms. The number of rotatable bonds is 3. The second-order valence-corrected chi connectivity index (χ2v) is 5.24. The van der Waals surface area contributed by atoms with E-state index in [-0.39, 0.29) is 5.60 Å². The minimum absolute atomic E-state index is 0.0251. The largest absolute Gasteiger partial charge is 0.375 e. The predicted molar refractivity (Wildman–Crippen MR) is 64.1 cm³/mol. The van der Waals surface area contributed by atoms with Crippen molar-refractivity contribution in [2.45, 2.75) is 18.9 Å². The minimum atomic E-state index is -0.0251. The number of thiazole rings is 1. The van der Waals surface area contributed by atoms with Crippen molar-refractivity contribution in [1.82, 2.24) is 14.7 Å². The van der Waals surface area contributed by atoms with Crippen molar-refractivity contribution in [3.63, 3.8) is 0 Å². The Hall–Kier alpha value is -0.910. The Morgan fingerprint density at radius 1 is 1.62 bits per heavy atom. The highest BCUT2D eigenvalue weighted by Crippen LogP contribution is 2.25. The first kappa shape index (κ1) is 10.3. The monoisotopic (exact) mass is 237 g/mol. The quantitative estimate of drug-likeness (QED) is 0.872. The molecule has 0 radical (unpaired) electrons. The molecule has 5 heteroatoms. The molecule has 0 atom stereocenters. The van der Waals surface area contributed by atoms with Crippen molar-refractivity contribution in [2.24, 2.45) is 0 Å². The summed E-state index contributed by atoms with van der Waals surface area (Å²) in [6, 6.07) is 0. The van der Waals surface area contributed by atoms with Gasteiger partial charge in [-0.3, -0.25) is 4.40 Å². The fourth-order valence-corrected chi connectivity index (χ4v) is 2.98. The third-order valence-electron chi connectivity index (χ3n) is 3.38. The van der Waals surface area contributed by atoms with Crippen molar-refractivity contribution < 1.29 is 4.74 Å². The molecule has 2 aromatic rings. The molecule has 0 unspecified atom stereocenters. The van der Waals surface area contributed by atoms with Crippen LogP contribution in [0.3, 0.4) is 0 Å². The van der Waals surface area contributed by atoms with E-state index in [1.54, 1.807) is 18.4 Å². The van der Waals surface area contributed by atoms with Crippen molar-refractivity contribution in [2.75, 3.05) is 20.2 Å². The van der Waals surface area contributed by atoms with E-state index >= 15 is 0 Å². The fourth-order valence-electron chi connectivity index (χ4n) is 2.20. The fraction of sp³-hybridized carbons (Fsp3) is 0.545. The highest BCUT2D eigenvalue weighted by atomic mass is 32.1. The number of aryl methyl sites for hydroxylation is 1. The zero-order chi connectivity index (χ0) is 11.2. The summed E-state index contributed by atoms with van der Waals surface area (Å²) >= 11 is 1.68. The van der Waals surface area contributed by atoms with E-state index in [1.165, 1.54) is 5.69 Å². The molecule has 86 valence electrons. The van der Waals surface area contributed by atoms with Gasteiger partial charge in [-0.1, -0.05) is 0 Å². The van der Waals surface area contributed by atoms with Gasteiger partial charge in [0.2, 0.25) is 0 Å². The predicted octanol–water partition coefficient (Wildman–Crippen LogP) is 1.24. The van der Waals surface area contributed by atoms with Gasteiger partial charge in [0.05, 0.1) is 11.3 Å². The molecule has 16 heavy (non-hydrogen) atoms. The van der Waals surface area contributed by atoms with Gasteiger partial charge in [-0.2, -0.15) is 0 Å². The summed E-state index contributed by atoms with van der Waals surface area (Å²) in [4.78, 5) is 5.63. The van der Waals surface area contributed by atoms with Crippen LogP contribution in [0.2, 0.25) is 0 Å². The Balaban J connectivity index is 1.98. The second kappa shape index (κ2) is 3.55. The van der Waals surface area contributed by atoms with Gasteiger partial charge in [0.15, 0.2) is 4.96 Å². The van der Waals surface area contributed by atoms with Gasteiger partial charge in [0.1, 0.15) is 0 Å². The lowest BCUT2D eigenvalue weighted by Gasteiger charge is -2.41. The average molecular weight is 237 g/mol. The molecule has 1 N–H and O–H groups in total. The van der Waals surface area contributed by atoms with Crippen molar-refractivity contribution in [3.05, 3.63) is 23.0 Å². The molecule has 1 saturated heterocycles. The molecule has 0 aromatic carbocycles. The first-order chi connectivity index (χ1) is 7.74. The van der Waals surface area contributed by atoms with Gasteiger partial charge in [0.25, 0.3) is 0 Å². The third-order valence-corrected chi connectivity index (χ3v) is 4.13. The summed E-state index contributed by atoms with van der Waals surface area (Å²) in [6.07, 6.45) is 3.02. The standard InChI is InChI=1S/C11H15N3OS/c1-8-9(5-11(15-2)6-12-7-11)14-3-4-16-10(14)13-8/h3-4,12H,5-7H2,1-2H3. The summed E-state index contributed by atoms with van der Waals surface area (Å²) in [7, 11) is 1.79. The zero-order valence-electron chi connectivity index (χ0n) is 9.49. The molecule has 0 amide bonds. The van der Waals surface area contributed by atoms with Gasteiger partial charge in [-0.25, -0.2) is 4.98 Å². The van der Waals surface area contributed by atoms with Crippen LogP contribution in [-0.4, -0.2) is 35.2 Å². The third kappa shape index (κ3) is 1.39. The van der Waals surface area contributed by atoms with Crippen LogP contribution in [0, 0.1) is 6.92 Å². The number of ether oxygens (including phenoxy) is 1. The summed E-state index contributed by atoms with van der Waals surface area (Å²) < 4.78 is 7.81. The SMILES string of the molecule is COC1(Cc2c(C)nc3sccn23)CNC1. The molecule has 2 aromatic heterocycles. The van der Waals surface area contributed by atoms with E-state index in [1.807, 2.05) is 0 Å². The first-order valence-electron chi connectivity index (χ1n) is 5.41. The highest BCUT2D eigenvalue weighted by molar-refractivity contribution is 7.15. The number of fused-ring (bicyclic) bond motifs is 1. The van der Waals surface area contributed by atoms with E-state index in [4.69, 9.17) is 4.74 Å². The molecule has 0 saturated carbocycles. The molecule has 4 nitrogen and oxygen atoms in total. The summed E-state index contributed by atoms with van der Waals surface area (Å²) in [5.74, 6) is 0. The van der Waals surface area contributed by atoms with Crippen LogP contribution in [0.1, 0.15) is 11.4 Å². The van der Waals surface area contributed by atoms with Gasteiger partial charge >= 0.3 is 0 Å². The van der Waals surface area contributed by atoms with Gasteiger partial charge in [0, 0.05) is 43.9 Å². The number of imidazole rings is 1. The topological polar surface area (TPSA) is 38.6 Å². The summed E-state index contributed by atoms with van der Waals surface area (Å²) in [5, 5.41) is 5.35. The van der Waals surface area contributed by atoms with Crippen molar-refractivity contribution in [1.29, 1.82) is 0 Å². The van der Waals surface area contributed by atoms with Crippen molar-refractivity contribution in [3.8, 4) is 0 Å². The van der Waals surface area contributed by atoms with E-state index in [9.17, 15) is 0 Å². The summed E-state index contributed by atoms with van der Waals surface area (Å²) in [5.41, 5.74) is 2.37. The maximum Gasteiger partial charge on any atom is 0.194 e. The smallest absolute Gasteiger partial charge is 0.194 e. The number of hydrogen-bond acceptors (Lipinski definition) is 4. The lowest BCUT2D eigenvalue weighted by atomic mass is 9.90. The molecule has 3 heterocycles. The minimum Gasteiger partial charge on any atom is -0.375 e. The van der Waals surface area contributed by atoms with Gasteiger partial charge in [-0.05, 0) is 6.92 Å². The molecule has 3 rings (SSSR count). The number of nitrogens with zero attached hydrogens (tertiary/aromatic N) is 2. The lowest BCUT2D eigenvalue weighted by molar-refractivity contribution is -0.0511. The molecule has 1 aliphatic rings. The molecule has 0 aliphatic carbocycles. The average Bonchev–Trinajstić information content (AvgIpc) is 2.74. The van der Waals surface area contributed by atoms with Crippen LogP contribution in [0.5, 0.6) is 0 Å². The number of nitrogens with one attached hydrogen (secondary N) is 1. The van der Waals surface area contributed by atoms with Crippen LogP contribution in [0.25, 0.3) is 4.96 Å². The number of aromatic nitrogens is 2. The van der Waals surface area contributed by atoms with Gasteiger partial charge in [-0.15, -0.1) is 11.3 Å². The van der Waals surface area contributed by atoms with E-state index in [0.717, 1.165) is 30.2 Å². The Morgan fingerprint density at radius 2 is 2.44 bits per heavy atom. The summed E-state index contributed by atoms with van der Waals surface area (Å²) in [6.45, 7) is 3.94. The Bertz CT molecular complexity index is 507. The van der Waals surface area contributed by atoms with Crippen LogP contribution >= 0.6 is 11.3 Å². The Kier molecular flexibility index (Phi) is 2.27. The van der Waals surface area contributed by atoms with E-state index in [0.29, 0.717) is 0 Å². The molecule has 0 bridgehead atoms. The first-order valence-corrected chi connectivity index (χ1v) is 6.29. The normalized spacial score (nSPS) is 18.9. The maximum absolute atomic E-state index is 5.63. The maximum atomic E-state index is 5.63. The van der Waals surface area contributed by atoms with Crippen LogP contribution in [0.4, 0.5) is 0 Å². The zero-order valence-corrected chi connectivity index (χ0v) is 10.3. The van der Waals surface area contributed by atoms with Crippen molar-refractivity contribution >= 4 is 16.3 Å². The van der Waals surface area contributed by atoms with Crippen LogP contribution < -0.4 is 5.32 Å². The Labute approximate surface area is 98.3 Å². The molecule has 1 aliphatic heterocycles. The molecular weight excluding hydrogens is 222 g/mol.